The molecule has 3 rings (SSSR count). The van der Waals surface area contributed by atoms with E-state index >= 15 is 0 Å². The predicted molar refractivity (Wildman–Crippen MR) is 83.5 cm³/mol. The molecule has 1 aliphatic heterocycles. The van der Waals surface area contributed by atoms with Gasteiger partial charge in [-0.05, 0) is 31.0 Å². The van der Waals surface area contributed by atoms with Gasteiger partial charge in [0, 0.05) is 6.04 Å². The summed E-state index contributed by atoms with van der Waals surface area (Å²) in [4.78, 5) is 0.380. The minimum absolute atomic E-state index is 0.0255. The van der Waals surface area contributed by atoms with Gasteiger partial charge in [0.1, 0.15) is 0 Å². The van der Waals surface area contributed by atoms with Gasteiger partial charge >= 0.3 is 0 Å². The Hall–Kier alpha value is -1.65. The summed E-state index contributed by atoms with van der Waals surface area (Å²) in [6.07, 6.45) is 0.824. The van der Waals surface area contributed by atoms with Crippen LogP contribution >= 0.6 is 0 Å². The summed E-state index contributed by atoms with van der Waals surface area (Å²) in [5, 5.41) is 0. The zero-order valence-electron chi connectivity index (χ0n) is 12.2. The maximum Gasteiger partial charge on any atom is 0.244 e. The highest BCUT2D eigenvalue weighted by molar-refractivity contribution is 7.89. The molecular formula is C17H19NO2S. The van der Waals surface area contributed by atoms with Crippen LogP contribution in [0.25, 0.3) is 0 Å². The molecule has 2 aromatic carbocycles. The van der Waals surface area contributed by atoms with Gasteiger partial charge in [-0.2, -0.15) is 4.31 Å². The molecule has 4 heteroatoms. The van der Waals surface area contributed by atoms with Crippen molar-refractivity contribution in [1.82, 2.24) is 4.31 Å². The maximum absolute atomic E-state index is 12.8. The maximum atomic E-state index is 12.8. The van der Waals surface area contributed by atoms with Gasteiger partial charge in [-0.1, -0.05) is 55.0 Å². The number of benzene rings is 2. The molecule has 1 saturated heterocycles. The van der Waals surface area contributed by atoms with Crippen LogP contribution in [0, 0.1) is 6.92 Å². The van der Waals surface area contributed by atoms with E-state index in [4.69, 9.17) is 0 Å². The number of hydrogen-bond acceptors (Lipinski definition) is 2. The standard InChI is InChI=1S/C17H19NO2S/c1-3-16-17(14-7-5-4-6-8-14)18(16)21(19,20)15-11-9-13(2)10-12-15/h4-12,16-17H,3H2,1-2H3/t16-,17-,18?/m1/s1. The van der Waals surface area contributed by atoms with E-state index in [0.29, 0.717) is 4.90 Å². The van der Waals surface area contributed by atoms with Crippen molar-refractivity contribution in [3.8, 4) is 0 Å². The van der Waals surface area contributed by atoms with E-state index in [-0.39, 0.29) is 12.1 Å². The van der Waals surface area contributed by atoms with Crippen molar-refractivity contribution < 1.29 is 8.42 Å². The zero-order valence-corrected chi connectivity index (χ0v) is 13.0. The molecule has 0 spiro atoms. The van der Waals surface area contributed by atoms with Crippen molar-refractivity contribution in [2.75, 3.05) is 0 Å². The Bertz CT molecular complexity index is 723. The minimum Gasteiger partial charge on any atom is -0.207 e. The highest BCUT2D eigenvalue weighted by Gasteiger charge is 2.54. The molecule has 1 aliphatic rings. The molecular weight excluding hydrogens is 282 g/mol. The summed E-state index contributed by atoms with van der Waals surface area (Å²) < 4.78 is 27.2. The third kappa shape index (κ3) is 2.49. The number of rotatable bonds is 4. The quantitative estimate of drug-likeness (QED) is 0.810. The van der Waals surface area contributed by atoms with Crippen molar-refractivity contribution >= 4 is 10.0 Å². The lowest BCUT2D eigenvalue weighted by atomic mass is 10.1. The number of nitrogens with zero attached hydrogens (tertiary/aromatic N) is 1. The average molecular weight is 301 g/mol. The lowest BCUT2D eigenvalue weighted by Crippen LogP contribution is -2.14. The molecule has 1 fully saturated rings. The van der Waals surface area contributed by atoms with Gasteiger partial charge in [0.15, 0.2) is 0 Å². The molecule has 0 bridgehead atoms. The monoisotopic (exact) mass is 301 g/mol. The van der Waals surface area contributed by atoms with Gasteiger partial charge in [-0.3, -0.25) is 0 Å². The van der Waals surface area contributed by atoms with E-state index in [0.717, 1.165) is 17.5 Å². The Morgan fingerprint density at radius 1 is 1.00 bits per heavy atom. The molecule has 21 heavy (non-hydrogen) atoms. The van der Waals surface area contributed by atoms with Gasteiger partial charge in [0.25, 0.3) is 0 Å². The normalized spacial score (nSPS) is 24.8. The third-order valence-electron chi connectivity index (χ3n) is 4.03. The van der Waals surface area contributed by atoms with Crippen molar-refractivity contribution in [3.05, 3.63) is 65.7 Å². The second-order valence-electron chi connectivity index (χ2n) is 5.48. The van der Waals surface area contributed by atoms with Crippen LogP contribution in [-0.4, -0.2) is 18.8 Å². The first-order chi connectivity index (χ1) is 10.1. The summed E-state index contributed by atoms with van der Waals surface area (Å²) in [7, 11) is -3.41. The predicted octanol–water partition coefficient (Wildman–Crippen LogP) is 3.52. The Kier molecular flexibility index (Phi) is 3.59. The topological polar surface area (TPSA) is 37.1 Å². The molecule has 2 aromatic rings. The fourth-order valence-corrected chi connectivity index (χ4v) is 4.69. The van der Waals surface area contributed by atoms with Gasteiger partial charge in [0.05, 0.1) is 10.9 Å². The molecule has 110 valence electrons. The highest BCUT2D eigenvalue weighted by Crippen LogP contribution is 2.48. The Labute approximate surface area is 126 Å². The van der Waals surface area contributed by atoms with Crippen LogP contribution in [0.5, 0.6) is 0 Å². The first kappa shape index (κ1) is 14.3. The van der Waals surface area contributed by atoms with Gasteiger partial charge in [-0.25, -0.2) is 8.42 Å². The second kappa shape index (κ2) is 5.28. The fourth-order valence-electron chi connectivity index (χ4n) is 2.84. The lowest BCUT2D eigenvalue weighted by molar-refractivity contribution is 0.544. The van der Waals surface area contributed by atoms with Crippen molar-refractivity contribution in [2.45, 2.75) is 37.2 Å². The van der Waals surface area contributed by atoms with Crippen LogP contribution in [0.15, 0.2) is 59.5 Å². The van der Waals surface area contributed by atoms with E-state index in [2.05, 4.69) is 0 Å². The Morgan fingerprint density at radius 3 is 2.19 bits per heavy atom. The van der Waals surface area contributed by atoms with Crippen LogP contribution in [0.4, 0.5) is 0 Å². The van der Waals surface area contributed by atoms with E-state index in [1.807, 2.05) is 56.3 Å². The molecule has 0 aromatic heterocycles. The van der Waals surface area contributed by atoms with Gasteiger partial charge in [0.2, 0.25) is 10.0 Å². The molecule has 0 N–H and O–H groups in total. The molecule has 3 atom stereocenters. The molecule has 0 saturated carbocycles. The Balaban J connectivity index is 1.94. The molecule has 1 heterocycles. The van der Waals surface area contributed by atoms with E-state index in [1.54, 1.807) is 16.4 Å². The first-order valence-electron chi connectivity index (χ1n) is 7.21. The van der Waals surface area contributed by atoms with E-state index < -0.39 is 10.0 Å². The summed E-state index contributed by atoms with van der Waals surface area (Å²) in [6, 6.07) is 17.0. The molecule has 0 aliphatic carbocycles. The second-order valence-corrected chi connectivity index (χ2v) is 7.32. The molecule has 0 amide bonds. The van der Waals surface area contributed by atoms with Crippen LogP contribution < -0.4 is 0 Å². The van der Waals surface area contributed by atoms with E-state index in [9.17, 15) is 8.42 Å². The van der Waals surface area contributed by atoms with Crippen LogP contribution in [0.1, 0.15) is 30.5 Å². The smallest absolute Gasteiger partial charge is 0.207 e. The highest BCUT2D eigenvalue weighted by atomic mass is 32.2. The fraction of sp³-hybridized carbons (Fsp3) is 0.294. The van der Waals surface area contributed by atoms with E-state index in [1.165, 1.54) is 0 Å². The summed E-state index contributed by atoms with van der Waals surface area (Å²) in [5.41, 5.74) is 2.13. The average Bonchev–Trinajstić information content (AvgIpc) is 3.24. The minimum atomic E-state index is -3.41. The van der Waals surface area contributed by atoms with Gasteiger partial charge in [-0.15, -0.1) is 0 Å². The van der Waals surface area contributed by atoms with Crippen molar-refractivity contribution in [2.24, 2.45) is 0 Å². The molecule has 3 nitrogen and oxygen atoms in total. The summed E-state index contributed by atoms with van der Waals surface area (Å²) in [6.45, 7) is 3.99. The molecule has 1 unspecified atom stereocenters. The third-order valence-corrected chi connectivity index (χ3v) is 5.95. The SMILES string of the molecule is CC[C@@H]1[C@@H](c2ccccc2)N1S(=O)(=O)c1ccc(C)cc1. The van der Waals surface area contributed by atoms with Crippen molar-refractivity contribution in [3.63, 3.8) is 0 Å². The zero-order chi connectivity index (χ0) is 15.0. The summed E-state index contributed by atoms with van der Waals surface area (Å²) in [5.74, 6) is 0. The lowest BCUT2D eigenvalue weighted by Gasteiger charge is -2.07. The van der Waals surface area contributed by atoms with Crippen LogP contribution in [0.3, 0.4) is 0 Å². The molecule has 0 radical (unpaired) electrons. The van der Waals surface area contributed by atoms with Crippen LogP contribution in [0.2, 0.25) is 0 Å². The first-order valence-corrected chi connectivity index (χ1v) is 8.65. The van der Waals surface area contributed by atoms with Crippen LogP contribution in [-0.2, 0) is 10.0 Å². The Morgan fingerprint density at radius 2 is 1.62 bits per heavy atom. The summed E-state index contributed by atoms with van der Waals surface area (Å²) >= 11 is 0. The number of aryl methyl sites for hydroxylation is 1. The largest absolute Gasteiger partial charge is 0.244 e. The number of sulfonamides is 1. The van der Waals surface area contributed by atoms with Gasteiger partial charge < -0.3 is 0 Å². The number of hydrogen-bond donors (Lipinski definition) is 0. The van der Waals surface area contributed by atoms with Crippen molar-refractivity contribution in [1.29, 1.82) is 0 Å².